The van der Waals surface area contributed by atoms with Gasteiger partial charge in [-0.25, -0.2) is 9.97 Å². The fraction of sp³-hybridized carbons (Fsp3) is 0.600. The Morgan fingerprint density at radius 1 is 0.511 bits per heavy atom. The van der Waals surface area contributed by atoms with Crippen LogP contribution in [-0.2, 0) is 12.8 Å². The molecule has 0 spiro atoms. The summed E-state index contributed by atoms with van der Waals surface area (Å²) in [6.07, 6.45) is 31.7. The summed E-state index contributed by atoms with van der Waals surface area (Å²) in [4.78, 5) is 37.5. The van der Waals surface area contributed by atoms with Crippen molar-refractivity contribution in [2.45, 2.75) is 155 Å². The number of aryl methyl sites for hydroxylation is 2. The van der Waals surface area contributed by atoms with Gasteiger partial charge in [-0.2, -0.15) is 0 Å². The van der Waals surface area contributed by atoms with E-state index in [-0.39, 0.29) is 11.1 Å². The molecule has 6 aromatic rings. The molecule has 252 valence electrons. The topological polar surface area (TPSA) is 68.7 Å². The number of pyridine rings is 2. The molecule has 0 amide bonds. The summed E-state index contributed by atoms with van der Waals surface area (Å²) in [6.45, 7) is 4.53. The van der Waals surface area contributed by atoms with Gasteiger partial charge >= 0.3 is 0 Å². The predicted octanol–water partition coefficient (Wildman–Crippen LogP) is 11.0. The van der Waals surface area contributed by atoms with Crippen LogP contribution in [0.1, 0.15) is 154 Å². The van der Waals surface area contributed by atoms with Crippen LogP contribution >= 0.6 is 11.3 Å². The van der Waals surface area contributed by atoms with E-state index in [2.05, 4.69) is 13.8 Å². The van der Waals surface area contributed by atoms with Gasteiger partial charge in [-0.1, -0.05) is 129 Å². The average molecular weight is 655 g/mol. The summed E-state index contributed by atoms with van der Waals surface area (Å²) in [5.74, 6) is 0. The number of thiophene rings is 1. The van der Waals surface area contributed by atoms with Crippen molar-refractivity contribution in [1.82, 2.24) is 18.8 Å². The second-order valence-corrected chi connectivity index (χ2v) is 15.0. The minimum atomic E-state index is -0.0479. The molecule has 1 aromatic carbocycles. The van der Waals surface area contributed by atoms with Crippen molar-refractivity contribution in [3.8, 4) is 0 Å². The average Bonchev–Trinajstić information content (AvgIpc) is 3.81. The fourth-order valence-corrected chi connectivity index (χ4v) is 8.79. The SMILES string of the molecule is CCCCCCCCCCCCc1cn2c(=O)c3sc4c5c(ccc(c35)c2n1)c(=O)n1cc(CCCCCCCCCCCC)nc41. The zero-order valence-electron chi connectivity index (χ0n) is 28.9. The highest BCUT2D eigenvalue weighted by Gasteiger charge is 2.23. The van der Waals surface area contributed by atoms with Crippen LogP contribution in [-0.4, -0.2) is 18.8 Å². The maximum atomic E-state index is 13.8. The molecule has 0 saturated heterocycles. The Morgan fingerprint density at radius 2 is 0.936 bits per heavy atom. The Bertz CT molecular complexity index is 1990. The molecule has 7 heteroatoms. The van der Waals surface area contributed by atoms with Gasteiger partial charge in [0.25, 0.3) is 11.1 Å². The van der Waals surface area contributed by atoms with Crippen LogP contribution in [0.5, 0.6) is 0 Å². The first-order chi connectivity index (χ1) is 23.1. The molecule has 0 bridgehead atoms. The Hall–Kier alpha value is -3.06. The van der Waals surface area contributed by atoms with E-state index >= 15 is 0 Å². The molecule has 6 rings (SSSR count). The molecule has 6 nitrogen and oxygen atoms in total. The van der Waals surface area contributed by atoms with Gasteiger partial charge in [0.2, 0.25) is 0 Å². The van der Waals surface area contributed by atoms with Gasteiger partial charge in [-0.15, -0.1) is 11.3 Å². The van der Waals surface area contributed by atoms with Crippen molar-refractivity contribution >= 4 is 53.6 Å². The second-order valence-electron chi connectivity index (χ2n) is 14.0. The Morgan fingerprint density at radius 3 is 1.47 bits per heavy atom. The Labute approximate surface area is 283 Å². The monoisotopic (exact) mass is 654 g/mol. The number of hydrogen-bond donors (Lipinski definition) is 0. The molecule has 0 fully saturated rings. The van der Waals surface area contributed by atoms with E-state index in [4.69, 9.17) is 9.97 Å². The van der Waals surface area contributed by atoms with Crippen LogP contribution < -0.4 is 11.1 Å². The number of nitrogens with zero attached hydrogens (tertiary/aromatic N) is 4. The minimum absolute atomic E-state index is 0.0363. The van der Waals surface area contributed by atoms with Gasteiger partial charge in [0.05, 0.1) is 16.1 Å². The van der Waals surface area contributed by atoms with Gasteiger partial charge in [-0.3, -0.25) is 18.4 Å². The van der Waals surface area contributed by atoms with E-state index in [1.807, 2.05) is 24.5 Å². The molecule has 0 unspecified atom stereocenters. The zero-order valence-corrected chi connectivity index (χ0v) is 29.7. The van der Waals surface area contributed by atoms with Crippen LogP contribution in [0.15, 0.2) is 34.1 Å². The standard InChI is InChI=1S/C40H54N4O2S/c1-3-5-7-9-11-13-15-17-19-21-23-29-27-43-37(41-29)31-25-26-32-34-33(31)36(40(43)46)47-35(34)38-42-30(28-44(38)39(32)45)24-22-20-18-16-14-12-10-8-6-4-2/h25-28H,3-24H2,1-2H3. The van der Waals surface area contributed by atoms with Crippen molar-refractivity contribution in [3.05, 3.63) is 56.6 Å². The number of aromatic nitrogens is 4. The lowest BCUT2D eigenvalue weighted by Gasteiger charge is -2.04. The van der Waals surface area contributed by atoms with Crippen molar-refractivity contribution in [1.29, 1.82) is 0 Å². The minimum Gasteiger partial charge on any atom is -0.268 e. The third-order valence-electron chi connectivity index (χ3n) is 10.3. The van der Waals surface area contributed by atoms with Crippen molar-refractivity contribution in [2.75, 3.05) is 0 Å². The molecule has 0 saturated carbocycles. The van der Waals surface area contributed by atoms with Crippen molar-refractivity contribution in [3.63, 3.8) is 0 Å². The highest BCUT2D eigenvalue weighted by Crippen LogP contribution is 2.40. The highest BCUT2D eigenvalue weighted by molar-refractivity contribution is 7.26. The van der Waals surface area contributed by atoms with Gasteiger partial charge < -0.3 is 0 Å². The third kappa shape index (κ3) is 7.50. The molecular weight excluding hydrogens is 601 g/mol. The Kier molecular flexibility index (Phi) is 11.8. The van der Waals surface area contributed by atoms with E-state index < -0.39 is 0 Å². The van der Waals surface area contributed by atoms with Gasteiger partial charge in [0.15, 0.2) is 5.65 Å². The lowest BCUT2D eigenvalue weighted by molar-refractivity contribution is 0.555. The fourth-order valence-electron chi connectivity index (χ4n) is 7.54. The maximum absolute atomic E-state index is 13.8. The van der Waals surface area contributed by atoms with Crippen LogP contribution in [0.25, 0.3) is 42.2 Å². The zero-order chi connectivity index (χ0) is 32.6. The summed E-state index contributed by atoms with van der Waals surface area (Å²) < 4.78 is 5.09. The molecule has 0 atom stereocenters. The van der Waals surface area contributed by atoms with E-state index in [0.29, 0.717) is 21.4 Å². The molecule has 47 heavy (non-hydrogen) atoms. The lowest BCUT2D eigenvalue weighted by atomic mass is 10.0. The summed E-state index contributed by atoms with van der Waals surface area (Å²) >= 11 is 1.49. The summed E-state index contributed by atoms with van der Waals surface area (Å²) in [7, 11) is 0. The van der Waals surface area contributed by atoms with Crippen LogP contribution in [0, 0.1) is 0 Å². The number of benzene rings is 1. The molecular formula is C40H54N4O2S. The largest absolute Gasteiger partial charge is 0.274 e. The summed E-state index contributed by atoms with van der Waals surface area (Å²) in [5.41, 5.74) is 3.27. The predicted molar refractivity (Wildman–Crippen MR) is 200 cm³/mol. The number of hydrogen-bond acceptors (Lipinski definition) is 5. The quantitative estimate of drug-likeness (QED) is 0.0539. The first-order valence-electron chi connectivity index (χ1n) is 19.0. The molecule has 0 radical (unpaired) electrons. The molecule has 0 aliphatic rings. The number of unbranched alkanes of at least 4 members (excludes halogenated alkanes) is 18. The molecule has 5 aromatic heterocycles. The second kappa shape index (κ2) is 16.4. The van der Waals surface area contributed by atoms with Crippen LogP contribution in [0.2, 0.25) is 0 Å². The third-order valence-corrected chi connectivity index (χ3v) is 11.4. The normalized spacial score (nSPS) is 12.4. The molecule has 0 aliphatic carbocycles. The summed E-state index contributed by atoms with van der Waals surface area (Å²) in [6, 6.07) is 3.93. The molecule has 5 heterocycles. The smallest absolute Gasteiger partial charge is 0.268 e. The summed E-state index contributed by atoms with van der Waals surface area (Å²) in [5, 5.41) is 3.38. The van der Waals surface area contributed by atoms with E-state index in [9.17, 15) is 9.59 Å². The van der Waals surface area contributed by atoms with E-state index in [1.54, 1.807) is 8.80 Å². The van der Waals surface area contributed by atoms with Crippen molar-refractivity contribution < 1.29 is 0 Å². The van der Waals surface area contributed by atoms with Crippen LogP contribution in [0.4, 0.5) is 0 Å². The van der Waals surface area contributed by atoms with Gasteiger partial charge in [0.1, 0.15) is 10.3 Å². The first-order valence-corrected chi connectivity index (χ1v) is 19.8. The first kappa shape index (κ1) is 33.8. The van der Waals surface area contributed by atoms with Crippen LogP contribution in [0.3, 0.4) is 0 Å². The van der Waals surface area contributed by atoms with Gasteiger partial charge in [-0.05, 0) is 37.8 Å². The lowest BCUT2D eigenvalue weighted by Crippen LogP contribution is -2.13. The number of fused-ring (bicyclic) bond motifs is 4. The Balaban J connectivity index is 1.13. The van der Waals surface area contributed by atoms with Gasteiger partial charge in [0, 0.05) is 33.9 Å². The molecule has 0 aliphatic heterocycles. The van der Waals surface area contributed by atoms with E-state index in [1.165, 1.54) is 127 Å². The number of imidazole rings is 2. The van der Waals surface area contributed by atoms with Crippen molar-refractivity contribution in [2.24, 2.45) is 0 Å². The molecule has 0 N–H and O–H groups in total. The maximum Gasteiger partial charge on any atom is 0.274 e. The number of rotatable bonds is 22. The highest BCUT2D eigenvalue weighted by atomic mass is 32.1. The van der Waals surface area contributed by atoms with E-state index in [0.717, 1.165) is 57.9 Å².